The van der Waals surface area contributed by atoms with Gasteiger partial charge in [-0.05, 0) is 32.9 Å². The number of hydrogen-bond acceptors (Lipinski definition) is 6. The first-order chi connectivity index (χ1) is 12.9. The Balaban J connectivity index is 1.47. The number of fused-ring (bicyclic) bond motifs is 1. The normalized spacial score (nSPS) is 13.3. The number of para-hydroxylation sites is 1. The fourth-order valence-electron chi connectivity index (χ4n) is 2.50. The van der Waals surface area contributed by atoms with Gasteiger partial charge in [0.1, 0.15) is 17.1 Å². The first kappa shape index (κ1) is 19.0. The van der Waals surface area contributed by atoms with Gasteiger partial charge < -0.3 is 19.6 Å². The predicted octanol–water partition coefficient (Wildman–Crippen LogP) is 3.67. The summed E-state index contributed by atoms with van der Waals surface area (Å²) in [5.74, 6) is 1.45. The highest BCUT2D eigenvalue weighted by Crippen LogP contribution is 2.23. The summed E-state index contributed by atoms with van der Waals surface area (Å²) in [6.07, 6.45) is 0. The minimum atomic E-state index is -0.408. The van der Waals surface area contributed by atoms with E-state index in [1.165, 1.54) is 11.8 Å². The molecular formula is C19H21N3O4S. The third kappa shape index (κ3) is 4.91. The third-order valence-electron chi connectivity index (χ3n) is 3.96. The van der Waals surface area contributed by atoms with Gasteiger partial charge in [-0.3, -0.25) is 9.59 Å². The highest BCUT2D eigenvalue weighted by molar-refractivity contribution is 8.01. The number of carbonyl (C=O) groups is 2. The van der Waals surface area contributed by atoms with Crippen molar-refractivity contribution in [2.24, 2.45) is 0 Å². The molecule has 2 aromatic heterocycles. The minimum absolute atomic E-state index is 0.162. The van der Waals surface area contributed by atoms with Gasteiger partial charge in [0, 0.05) is 11.5 Å². The van der Waals surface area contributed by atoms with Crippen LogP contribution in [0.2, 0.25) is 0 Å². The number of aryl methyl sites for hydroxylation is 1. The Labute approximate surface area is 160 Å². The second kappa shape index (κ2) is 8.30. The highest BCUT2D eigenvalue weighted by Gasteiger charge is 2.19. The van der Waals surface area contributed by atoms with Crippen LogP contribution in [0, 0.1) is 6.92 Å². The van der Waals surface area contributed by atoms with Crippen LogP contribution in [0.3, 0.4) is 0 Å². The second-order valence-corrected chi connectivity index (χ2v) is 7.57. The first-order valence-corrected chi connectivity index (χ1v) is 9.61. The molecule has 2 N–H and O–H groups in total. The highest BCUT2D eigenvalue weighted by atomic mass is 32.2. The lowest BCUT2D eigenvalue weighted by Crippen LogP contribution is -2.30. The number of amides is 2. The summed E-state index contributed by atoms with van der Waals surface area (Å²) >= 11 is 1.25. The number of benzene rings is 1. The van der Waals surface area contributed by atoms with Crippen molar-refractivity contribution in [3.8, 4) is 0 Å². The number of rotatable bonds is 7. The van der Waals surface area contributed by atoms with Gasteiger partial charge in [0.2, 0.25) is 11.8 Å². The molecule has 1 aromatic carbocycles. The molecule has 7 nitrogen and oxygen atoms in total. The largest absolute Gasteiger partial charge is 0.459 e. The molecule has 3 rings (SSSR count). The zero-order chi connectivity index (χ0) is 19.4. The van der Waals surface area contributed by atoms with E-state index in [2.05, 4.69) is 15.8 Å². The number of anilines is 1. The van der Waals surface area contributed by atoms with E-state index in [4.69, 9.17) is 8.94 Å². The molecule has 2 atom stereocenters. The van der Waals surface area contributed by atoms with Crippen molar-refractivity contribution in [2.45, 2.75) is 32.1 Å². The summed E-state index contributed by atoms with van der Waals surface area (Å²) in [5, 5.41) is 9.86. The Morgan fingerprint density at radius 2 is 2.00 bits per heavy atom. The molecule has 0 radical (unpaired) electrons. The van der Waals surface area contributed by atoms with Gasteiger partial charge in [-0.25, -0.2) is 0 Å². The third-order valence-corrected chi connectivity index (χ3v) is 5.10. The molecule has 0 aliphatic rings. The summed E-state index contributed by atoms with van der Waals surface area (Å²) in [5.41, 5.74) is 0.788. The van der Waals surface area contributed by atoms with Crippen LogP contribution in [0.4, 0.5) is 5.82 Å². The molecule has 2 amide bonds. The summed E-state index contributed by atoms with van der Waals surface area (Å²) in [6, 6.07) is 11.0. The maximum atomic E-state index is 12.2. The molecule has 0 saturated heterocycles. The average molecular weight is 387 g/mol. The molecule has 0 fully saturated rings. The maximum absolute atomic E-state index is 12.2. The average Bonchev–Trinajstić information content (AvgIpc) is 3.25. The zero-order valence-corrected chi connectivity index (χ0v) is 16.1. The molecule has 27 heavy (non-hydrogen) atoms. The van der Waals surface area contributed by atoms with E-state index in [1.807, 2.05) is 37.3 Å². The molecule has 0 aliphatic heterocycles. The van der Waals surface area contributed by atoms with Crippen LogP contribution >= 0.6 is 11.8 Å². The van der Waals surface area contributed by atoms with Crippen LogP contribution in [-0.2, 0) is 9.59 Å². The van der Waals surface area contributed by atoms with Crippen LogP contribution in [0.1, 0.15) is 31.4 Å². The van der Waals surface area contributed by atoms with E-state index in [-0.39, 0.29) is 23.6 Å². The van der Waals surface area contributed by atoms with Crippen LogP contribution in [0.25, 0.3) is 11.0 Å². The SMILES string of the molecule is Cc1cc(NC(=O)[C@H](C)SCC(=O)N[C@H](C)c2cc3ccccc3o2)no1. The lowest BCUT2D eigenvalue weighted by atomic mass is 10.2. The van der Waals surface area contributed by atoms with E-state index in [1.54, 1.807) is 19.9 Å². The molecule has 142 valence electrons. The fraction of sp³-hybridized carbons (Fsp3) is 0.316. The molecule has 0 aliphatic carbocycles. The van der Waals surface area contributed by atoms with E-state index >= 15 is 0 Å². The summed E-state index contributed by atoms with van der Waals surface area (Å²) < 4.78 is 10.7. The molecule has 0 bridgehead atoms. The maximum Gasteiger partial charge on any atom is 0.238 e. The Hall–Kier alpha value is -2.74. The molecule has 3 aromatic rings. The van der Waals surface area contributed by atoms with Crippen molar-refractivity contribution >= 4 is 40.4 Å². The Kier molecular flexibility index (Phi) is 5.85. The summed E-state index contributed by atoms with van der Waals surface area (Å²) in [7, 11) is 0. The monoisotopic (exact) mass is 387 g/mol. The quantitative estimate of drug-likeness (QED) is 0.642. The predicted molar refractivity (Wildman–Crippen MR) is 105 cm³/mol. The van der Waals surface area contributed by atoms with Crippen molar-refractivity contribution in [2.75, 3.05) is 11.1 Å². The van der Waals surface area contributed by atoms with Crippen molar-refractivity contribution in [3.63, 3.8) is 0 Å². The lowest BCUT2D eigenvalue weighted by molar-refractivity contribution is -0.119. The van der Waals surface area contributed by atoms with E-state index < -0.39 is 5.25 Å². The van der Waals surface area contributed by atoms with Gasteiger partial charge >= 0.3 is 0 Å². The first-order valence-electron chi connectivity index (χ1n) is 8.56. The van der Waals surface area contributed by atoms with Gasteiger partial charge in [-0.2, -0.15) is 0 Å². The van der Waals surface area contributed by atoms with E-state index in [0.717, 1.165) is 11.0 Å². The molecule has 0 unspecified atom stereocenters. The molecular weight excluding hydrogens is 366 g/mol. The number of aromatic nitrogens is 1. The Morgan fingerprint density at radius 3 is 2.70 bits per heavy atom. The van der Waals surface area contributed by atoms with E-state index in [9.17, 15) is 9.59 Å². The number of nitrogens with one attached hydrogen (secondary N) is 2. The standard InChI is InChI=1S/C19H21N3O4S/c1-11-8-17(22-26-11)21-19(24)13(3)27-10-18(23)20-12(2)16-9-14-6-4-5-7-15(14)25-16/h4-9,12-13H,10H2,1-3H3,(H,20,23)(H,21,22,24)/t12-,13+/m1/s1. The fourth-order valence-corrected chi connectivity index (χ4v) is 3.19. The molecule has 0 spiro atoms. The van der Waals surface area contributed by atoms with Crippen molar-refractivity contribution in [1.29, 1.82) is 0 Å². The van der Waals surface area contributed by atoms with Crippen LogP contribution in [0.15, 0.2) is 45.3 Å². The second-order valence-electron chi connectivity index (χ2n) is 6.24. The molecule has 8 heteroatoms. The van der Waals surface area contributed by atoms with Crippen molar-refractivity contribution in [1.82, 2.24) is 10.5 Å². The number of hydrogen-bond donors (Lipinski definition) is 2. The Morgan fingerprint density at radius 1 is 1.22 bits per heavy atom. The van der Waals surface area contributed by atoms with Gasteiger partial charge in [0.25, 0.3) is 0 Å². The van der Waals surface area contributed by atoms with Crippen molar-refractivity contribution in [3.05, 3.63) is 47.9 Å². The van der Waals surface area contributed by atoms with Gasteiger partial charge in [-0.1, -0.05) is 23.4 Å². The number of carbonyl (C=O) groups excluding carboxylic acids is 2. The van der Waals surface area contributed by atoms with E-state index in [0.29, 0.717) is 17.3 Å². The zero-order valence-electron chi connectivity index (χ0n) is 15.3. The molecule has 0 saturated carbocycles. The number of furan rings is 1. The number of thioether (sulfide) groups is 1. The van der Waals surface area contributed by atoms with Crippen LogP contribution in [-0.4, -0.2) is 28.0 Å². The smallest absolute Gasteiger partial charge is 0.238 e. The number of nitrogens with zero attached hydrogens (tertiary/aromatic N) is 1. The van der Waals surface area contributed by atoms with Gasteiger partial charge in [0.05, 0.1) is 17.0 Å². The topological polar surface area (TPSA) is 97.4 Å². The minimum Gasteiger partial charge on any atom is -0.459 e. The summed E-state index contributed by atoms with van der Waals surface area (Å²) in [6.45, 7) is 5.35. The van der Waals surface area contributed by atoms with Gasteiger partial charge in [0.15, 0.2) is 5.82 Å². The van der Waals surface area contributed by atoms with Gasteiger partial charge in [-0.15, -0.1) is 11.8 Å². The van der Waals surface area contributed by atoms with Crippen LogP contribution in [0.5, 0.6) is 0 Å². The van der Waals surface area contributed by atoms with Crippen molar-refractivity contribution < 1.29 is 18.5 Å². The van der Waals surface area contributed by atoms with Crippen LogP contribution < -0.4 is 10.6 Å². The summed E-state index contributed by atoms with van der Waals surface area (Å²) in [4.78, 5) is 24.3. The Bertz CT molecular complexity index is 916. The lowest BCUT2D eigenvalue weighted by Gasteiger charge is -2.13. The molecule has 2 heterocycles.